The number of hydrogen-bond acceptors (Lipinski definition) is 6. The first kappa shape index (κ1) is 16.5. The SMILES string of the molecule is OCCn1ncc(-c2ccnc(N3CCCC3)n2)c1C1CCCNC1. The molecule has 134 valence electrons. The summed E-state index contributed by atoms with van der Waals surface area (Å²) in [5.41, 5.74) is 3.19. The number of nitrogens with zero attached hydrogens (tertiary/aromatic N) is 5. The molecular formula is C18H26N6O. The highest BCUT2D eigenvalue weighted by Gasteiger charge is 2.25. The smallest absolute Gasteiger partial charge is 0.225 e. The Morgan fingerprint density at radius 1 is 1.24 bits per heavy atom. The highest BCUT2D eigenvalue weighted by molar-refractivity contribution is 5.63. The normalized spacial score (nSPS) is 21.0. The van der Waals surface area contributed by atoms with Crippen LogP contribution in [0.2, 0.25) is 0 Å². The van der Waals surface area contributed by atoms with E-state index in [9.17, 15) is 5.11 Å². The molecule has 0 radical (unpaired) electrons. The maximum atomic E-state index is 9.40. The lowest BCUT2D eigenvalue weighted by atomic mass is 9.92. The molecule has 0 amide bonds. The zero-order valence-electron chi connectivity index (χ0n) is 14.6. The molecule has 4 rings (SSSR count). The quantitative estimate of drug-likeness (QED) is 0.855. The van der Waals surface area contributed by atoms with Crippen LogP contribution in [0.15, 0.2) is 18.5 Å². The first-order valence-corrected chi connectivity index (χ1v) is 9.32. The number of rotatable bonds is 5. The van der Waals surface area contributed by atoms with Crippen molar-refractivity contribution in [2.45, 2.75) is 38.1 Å². The average molecular weight is 342 g/mol. The van der Waals surface area contributed by atoms with Gasteiger partial charge in [0.15, 0.2) is 0 Å². The molecule has 0 spiro atoms. The summed E-state index contributed by atoms with van der Waals surface area (Å²) in [7, 11) is 0. The molecule has 2 aliphatic heterocycles. The van der Waals surface area contributed by atoms with Gasteiger partial charge in [0.2, 0.25) is 5.95 Å². The van der Waals surface area contributed by atoms with Crippen molar-refractivity contribution in [2.75, 3.05) is 37.7 Å². The van der Waals surface area contributed by atoms with E-state index in [0.717, 1.165) is 56.2 Å². The fourth-order valence-electron chi connectivity index (χ4n) is 3.95. The molecule has 2 aromatic rings. The molecule has 0 aromatic carbocycles. The lowest BCUT2D eigenvalue weighted by Gasteiger charge is -2.25. The van der Waals surface area contributed by atoms with E-state index in [1.165, 1.54) is 18.5 Å². The molecule has 0 saturated carbocycles. The van der Waals surface area contributed by atoms with Crippen molar-refractivity contribution in [1.82, 2.24) is 25.1 Å². The fourth-order valence-corrected chi connectivity index (χ4v) is 3.95. The van der Waals surface area contributed by atoms with E-state index in [1.54, 1.807) is 0 Å². The van der Waals surface area contributed by atoms with Gasteiger partial charge in [-0.25, -0.2) is 9.97 Å². The number of hydrogen-bond donors (Lipinski definition) is 2. The number of aliphatic hydroxyl groups excluding tert-OH is 1. The van der Waals surface area contributed by atoms with Crippen molar-refractivity contribution in [3.63, 3.8) is 0 Å². The number of anilines is 1. The average Bonchev–Trinajstić information content (AvgIpc) is 3.33. The highest BCUT2D eigenvalue weighted by Crippen LogP contribution is 2.32. The Balaban J connectivity index is 1.70. The molecule has 0 aliphatic carbocycles. The second-order valence-corrected chi connectivity index (χ2v) is 6.87. The van der Waals surface area contributed by atoms with Gasteiger partial charge >= 0.3 is 0 Å². The van der Waals surface area contributed by atoms with Crippen LogP contribution in [0.5, 0.6) is 0 Å². The summed E-state index contributed by atoms with van der Waals surface area (Å²) in [6, 6.07) is 1.97. The first-order valence-electron chi connectivity index (χ1n) is 9.32. The van der Waals surface area contributed by atoms with Crippen LogP contribution in [0.4, 0.5) is 5.95 Å². The van der Waals surface area contributed by atoms with Gasteiger partial charge in [0.05, 0.1) is 30.7 Å². The molecular weight excluding hydrogens is 316 g/mol. The van der Waals surface area contributed by atoms with Crippen LogP contribution in [-0.4, -0.2) is 57.6 Å². The molecule has 2 fully saturated rings. The van der Waals surface area contributed by atoms with Crippen molar-refractivity contribution in [3.05, 3.63) is 24.2 Å². The van der Waals surface area contributed by atoms with Gasteiger partial charge in [0, 0.05) is 37.3 Å². The maximum absolute atomic E-state index is 9.40. The van der Waals surface area contributed by atoms with Gasteiger partial charge in [-0.2, -0.15) is 5.10 Å². The van der Waals surface area contributed by atoms with Gasteiger partial charge in [-0.1, -0.05) is 0 Å². The summed E-state index contributed by atoms with van der Waals surface area (Å²) >= 11 is 0. The minimum atomic E-state index is 0.0943. The van der Waals surface area contributed by atoms with Crippen LogP contribution in [0.25, 0.3) is 11.3 Å². The van der Waals surface area contributed by atoms with Crippen LogP contribution < -0.4 is 10.2 Å². The van der Waals surface area contributed by atoms with E-state index < -0.39 is 0 Å². The summed E-state index contributed by atoms with van der Waals surface area (Å²) in [4.78, 5) is 11.6. The predicted octanol–water partition coefficient (Wildman–Crippen LogP) is 1.40. The zero-order chi connectivity index (χ0) is 17.1. The van der Waals surface area contributed by atoms with Crippen molar-refractivity contribution >= 4 is 5.95 Å². The van der Waals surface area contributed by atoms with Crippen molar-refractivity contribution in [3.8, 4) is 11.3 Å². The lowest BCUT2D eigenvalue weighted by Crippen LogP contribution is -2.30. The fraction of sp³-hybridized carbons (Fsp3) is 0.611. The van der Waals surface area contributed by atoms with Crippen molar-refractivity contribution < 1.29 is 5.11 Å². The van der Waals surface area contributed by atoms with Crippen molar-refractivity contribution in [2.24, 2.45) is 0 Å². The van der Waals surface area contributed by atoms with Gasteiger partial charge in [-0.3, -0.25) is 4.68 Å². The monoisotopic (exact) mass is 342 g/mol. The molecule has 2 aromatic heterocycles. The summed E-state index contributed by atoms with van der Waals surface area (Å²) in [6.07, 6.45) is 8.47. The number of nitrogens with one attached hydrogen (secondary N) is 1. The third kappa shape index (κ3) is 3.39. The molecule has 0 bridgehead atoms. The Hall–Kier alpha value is -1.99. The Morgan fingerprint density at radius 2 is 2.12 bits per heavy atom. The zero-order valence-corrected chi connectivity index (χ0v) is 14.6. The molecule has 2 aliphatic rings. The summed E-state index contributed by atoms with van der Waals surface area (Å²) in [6.45, 7) is 4.72. The minimum Gasteiger partial charge on any atom is -0.394 e. The van der Waals surface area contributed by atoms with Crippen molar-refractivity contribution in [1.29, 1.82) is 0 Å². The predicted molar refractivity (Wildman–Crippen MR) is 96.6 cm³/mol. The van der Waals surface area contributed by atoms with Gasteiger partial charge < -0.3 is 15.3 Å². The van der Waals surface area contributed by atoms with Crippen LogP contribution in [0.3, 0.4) is 0 Å². The first-order chi connectivity index (χ1) is 12.4. The van der Waals surface area contributed by atoms with Gasteiger partial charge in [0.1, 0.15) is 0 Å². The van der Waals surface area contributed by atoms with Gasteiger partial charge in [-0.05, 0) is 38.3 Å². The standard InChI is InChI=1S/C18H26N6O/c25-11-10-24-17(14-4-3-6-19-12-14)15(13-21-24)16-5-7-20-18(22-16)23-8-1-2-9-23/h5,7,13-14,19,25H,1-4,6,8-12H2. The van der Waals surface area contributed by atoms with Crippen LogP contribution in [-0.2, 0) is 6.54 Å². The number of piperidine rings is 1. The maximum Gasteiger partial charge on any atom is 0.225 e. The summed E-state index contributed by atoms with van der Waals surface area (Å²) < 4.78 is 1.95. The van der Waals surface area contributed by atoms with Crippen LogP contribution >= 0.6 is 0 Å². The Kier molecular flexibility index (Phi) is 4.94. The molecule has 1 atom stereocenters. The van der Waals surface area contributed by atoms with E-state index in [1.807, 2.05) is 23.1 Å². The Bertz CT molecular complexity index is 703. The Morgan fingerprint density at radius 3 is 2.88 bits per heavy atom. The van der Waals surface area contributed by atoms with E-state index in [0.29, 0.717) is 12.5 Å². The molecule has 4 heterocycles. The number of aromatic nitrogens is 4. The topological polar surface area (TPSA) is 79.1 Å². The van der Waals surface area contributed by atoms with E-state index in [-0.39, 0.29) is 6.61 Å². The molecule has 2 N–H and O–H groups in total. The van der Waals surface area contributed by atoms with E-state index >= 15 is 0 Å². The molecule has 2 saturated heterocycles. The van der Waals surface area contributed by atoms with Gasteiger partial charge in [0.25, 0.3) is 0 Å². The molecule has 7 heteroatoms. The molecule has 7 nitrogen and oxygen atoms in total. The third-order valence-electron chi connectivity index (χ3n) is 5.18. The largest absolute Gasteiger partial charge is 0.394 e. The molecule has 1 unspecified atom stereocenters. The second-order valence-electron chi connectivity index (χ2n) is 6.87. The van der Waals surface area contributed by atoms with Crippen LogP contribution in [0.1, 0.15) is 37.3 Å². The highest BCUT2D eigenvalue weighted by atomic mass is 16.3. The Labute approximate surface area is 148 Å². The van der Waals surface area contributed by atoms with E-state index in [2.05, 4.69) is 20.3 Å². The van der Waals surface area contributed by atoms with Crippen LogP contribution in [0, 0.1) is 0 Å². The molecule has 25 heavy (non-hydrogen) atoms. The van der Waals surface area contributed by atoms with E-state index in [4.69, 9.17) is 4.98 Å². The number of aliphatic hydroxyl groups is 1. The summed E-state index contributed by atoms with van der Waals surface area (Å²) in [5, 5.41) is 17.4. The van der Waals surface area contributed by atoms with Gasteiger partial charge in [-0.15, -0.1) is 0 Å². The third-order valence-corrected chi connectivity index (χ3v) is 5.18. The summed E-state index contributed by atoms with van der Waals surface area (Å²) in [5.74, 6) is 1.22. The lowest BCUT2D eigenvalue weighted by molar-refractivity contribution is 0.264. The second kappa shape index (κ2) is 7.49. The minimum absolute atomic E-state index is 0.0943.